The summed E-state index contributed by atoms with van der Waals surface area (Å²) in [6.07, 6.45) is 1.53. The summed E-state index contributed by atoms with van der Waals surface area (Å²) in [5.41, 5.74) is 1.72. The van der Waals surface area contributed by atoms with E-state index in [9.17, 15) is 13.2 Å². The van der Waals surface area contributed by atoms with Gasteiger partial charge >= 0.3 is 0 Å². The molecule has 0 N–H and O–H groups in total. The fraction of sp³-hybridized carbons (Fsp3) is 0.214. The van der Waals surface area contributed by atoms with Crippen LogP contribution < -0.4 is 0 Å². The van der Waals surface area contributed by atoms with Crippen molar-refractivity contribution >= 4 is 38.2 Å². The van der Waals surface area contributed by atoms with Gasteiger partial charge in [-0.1, -0.05) is 48.0 Å². The number of piperazine rings is 1. The molecular formula is C28H25ClFN3O3S. The van der Waals surface area contributed by atoms with Gasteiger partial charge in [0.2, 0.25) is 0 Å². The molecule has 0 atom stereocenters. The number of hydrogen-bond acceptors (Lipinski definition) is 5. The lowest BCUT2D eigenvalue weighted by Crippen LogP contribution is -2.48. The smallest absolute Gasteiger partial charge is 0.254 e. The van der Waals surface area contributed by atoms with Crippen LogP contribution in [0, 0.1) is 5.82 Å². The van der Waals surface area contributed by atoms with Gasteiger partial charge in [-0.15, -0.1) is 0 Å². The molecule has 1 aromatic heterocycles. The maximum absolute atomic E-state index is 15.0. The second-order valence-electron chi connectivity index (χ2n) is 9.09. The molecule has 2 heterocycles. The monoisotopic (exact) mass is 537 g/mol. The summed E-state index contributed by atoms with van der Waals surface area (Å²) < 4.78 is 41.2. The predicted molar refractivity (Wildman–Crippen MR) is 142 cm³/mol. The lowest BCUT2D eigenvalue weighted by atomic mass is 10.1. The van der Waals surface area contributed by atoms with E-state index in [4.69, 9.17) is 11.6 Å². The zero-order chi connectivity index (χ0) is 26.0. The molecule has 37 heavy (non-hydrogen) atoms. The van der Waals surface area contributed by atoms with Crippen LogP contribution in [-0.4, -0.2) is 55.3 Å². The standard InChI is InChI=1S/C28H25ClFN3O3S/c29-24-10-6-20(7-11-24)18-32-13-15-33(16-14-32)28(34)22-8-9-23(25(30)17-22)19-37(35,36)26-5-1-3-21-4-2-12-31-27(21)26/h1-12,17H,13-16,18-19H2. The van der Waals surface area contributed by atoms with Gasteiger partial charge in [0.05, 0.1) is 16.2 Å². The van der Waals surface area contributed by atoms with Gasteiger partial charge < -0.3 is 4.90 Å². The molecule has 1 amide bonds. The third-order valence-electron chi connectivity index (χ3n) is 6.56. The van der Waals surface area contributed by atoms with Crippen molar-refractivity contribution in [1.29, 1.82) is 0 Å². The fourth-order valence-electron chi connectivity index (χ4n) is 4.55. The number of para-hydroxylation sites is 1. The minimum absolute atomic E-state index is 0.0114. The summed E-state index contributed by atoms with van der Waals surface area (Å²) in [4.78, 5) is 21.2. The minimum Gasteiger partial charge on any atom is -0.336 e. The topological polar surface area (TPSA) is 70.6 Å². The Morgan fingerprint density at radius 1 is 0.946 bits per heavy atom. The number of benzene rings is 3. The van der Waals surface area contributed by atoms with E-state index in [1.165, 1.54) is 24.4 Å². The molecule has 9 heteroatoms. The van der Waals surface area contributed by atoms with E-state index in [0.717, 1.165) is 18.2 Å². The Bertz CT molecular complexity index is 1550. The molecule has 6 nitrogen and oxygen atoms in total. The zero-order valence-electron chi connectivity index (χ0n) is 20.0. The van der Waals surface area contributed by atoms with Crippen molar-refractivity contribution in [2.45, 2.75) is 17.2 Å². The van der Waals surface area contributed by atoms with Crippen molar-refractivity contribution in [3.05, 3.63) is 107 Å². The van der Waals surface area contributed by atoms with Crippen molar-refractivity contribution in [3.8, 4) is 0 Å². The molecule has 5 rings (SSSR count). The summed E-state index contributed by atoms with van der Waals surface area (Å²) in [5, 5.41) is 1.39. The summed E-state index contributed by atoms with van der Waals surface area (Å²) in [6, 6.07) is 20.1. The van der Waals surface area contributed by atoms with Crippen LogP contribution in [-0.2, 0) is 22.1 Å². The Morgan fingerprint density at radius 2 is 1.68 bits per heavy atom. The number of rotatable bonds is 6. The number of carbonyl (C=O) groups is 1. The number of nitrogens with zero attached hydrogens (tertiary/aromatic N) is 3. The third-order valence-corrected chi connectivity index (χ3v) is 8.50. The van der Waals surface area contributed by atoms with Gasteiger partial charge in [-0.25, -0.2) is 12.8 Å². The number of carbonyl (C=O) groups excluding carboxylic acids is 1. The molecule has 1 aliphatic heterocycles. The van der Waals surface area contributed by atoms with E-state index >= 15 is 4.39 Å². The van der Waals surface area contributed by atoms with Crippen LogP contribution in [0.5, 0.6) is 0 Å². The lowest BCUT2D eigenvalue weighted by Gasteiger charge is -2.34. The first-order chi connectivity index (χ1) is 17.8. The van der Waals surface area contributed by atoms with Gasteiger partial charge in [-0.05, 0) is 42.0 Å². The predicted octanol–water partition coefficient (Wildman–Crippen LogP) is 4.96. The molecule has 0 radical (unpaired) electrons. The van der Waals surface area contributed by atoms with E-state index in [2.05, 4.69) is 9.88 Å². The van der Waals surface area contributed by atoms with E-state index in [1.54, 1.807) is 29.2 Å². The van der Waals surface area contributed by atoms with Crippen LogP contribution in [0.2, 0.25) is 5.02 Å². The Kier molecular flexibility index (Phi) is 7.24. The summed E-state index contributed by atoms with van der Waals surface area (Å²) in [7, 11) is -3.86. The fourth-order valence-corrected chi connectivity index (χ4v) is 6.22. The summed E-state index contributed by atoms with van der Waals surface area (Å²) in [6.45, 7) is 3.22. The van der Waals surface area contributed by atoms with Gasteiger partial charge in [0.1, 0.15) is 5.82 Å². The number of amides is 1. The van der Waals surface area contributed by atoms with Crippen LogP contribution in [0.15, 0.2) is 83.9 Å². The van der Waals surface area contributed by atoms with Gasteiger partial charge in [0.25, 0.3) is 5.91 Å². The number of pyridine rings is 1. The van der Waals surface area contributed by atoms with Crippen LogP contribution >= 0.6 is 11.6 Å². The highest BCUT2D eigenvalue weighted by Crippen LogP contribution is 2.25. The van der Waals surface area contributed by atoms with Crippen LogP contribution in [0.1, 0.15) is 21.5 Å². The second kappa shape index (κ2) is 10.6. The first-order valence-electron chi connectivity index (χ1n) is 11.9. The normalized spacial score (nSPS) is 14.7. The molecule has 0 aliphatic carbocycles. The molecule has 3 aromatic carbocycles. The second-order valence-corrected chi connectivity index (χ2v) is 11.5. The summed E-state index contributed by atoms with van der Waals surface area (Å²) >= 11 is 5.95. The number of aromatic nitrogens is 1. The van der Waals surface area contributed by atoms with Crippen molar-refractivity contribution < 1.29 is 17.6 Å². The maximum atomic E-state index is 15.0. The van der Waals surface area contributed by atoms with Crippen molar-refractivity contribution in [2.24, 2.45) is 0 Å². The highest BCUT2D eigenvalue weighted by atomic mass is 35.5. The van der Waals surface area contributed by atoms with E-state index in [1.807, 2.05) is 24.3 Å². The molecule has 1 saturated heterocycles. The van der Waals surface area contributed by atoms with Gasteiger partial charge in [0.15, 0.2) is 9.84 Å². The molecule has 0 spiro atoms. The Morgan fingerprint density at radius 3 is 2.41 bits per heavy atom. The highest BCUT2D eigenvalue weighted by molar-refractivity contribution is 7.90. The largest absolute Gasteiger partial charge is 0.336 e. The van der Waals surface area contributed by atoms with Crippen molar-refractivity contribution in [1.82, 2.24) is 14.8 Å². The zero-order valence-corrected chi connectivity index (χ0v) is 21.6. The highest BCUT2D eigenvalue weighted by Gasteiger charge is 2.25. The van der Waals surface area contributed by atoms with Gasteiger partial charge in [-0.2, -0.15) is 0 Å². The average Bonchev–Trinajstić information content (AvgIpc) is 2.91. The van der Waals surface area contributed by atoms with Crippen LogP contribution in [0.25, 0.3) is 10.9 Å². The Labute approximate surface area is 220 Å². The Balaban J connectivity index is 1.25. The Hall–Kier alpha value is -3.33. The first-order valence-corrected chi connectivity index (χ1v) is 13.9. The quantitative estimate of drug-likeness (QED) is 0.348. The number of halogens is 2. The number of fused-ring (bicyclic) bond motifs is 1. The van der Waals surface area contributed by atoms with Gasteiger partial charge in [-0.3, -0.25) is 14.7 Å². The average molecular weight is 538 g/mol. The molecule has 0 bridgehead atoms. The molecule has 0 unspecified atom stereocenters. The lowest BCUT2D eigenvalue weighted by molar-refractivity contribution is 0.0628. The van der Waals surface area contributed by atoms with Crippen molar-refractivity contribution in [3.63, 3.8) is 0 Å². The molecular weight excluding hydrogens is 513 g/mol. The molecule has 190 valence electrons. The SMILES string of the molecule is O=C(c1ccc(CS(=O)(=O)c2cccc3cccnc23)c(F)c1)N1CCN(Cc2ccc(Cl)cc2)CC1. The molecule has 1 aliphatic rings. The van der Waals surface area contributed by atoms with E-state index in [-0.39, 0.29) is 21.9 Å². The minimum atomic E-state index is -3.86. The van der Waals surface area contributed by atoms with E-state index < -0.39 is 21.4 Å². The third kappa shape index (κ3) is 5.66. The van der Waals surface area contributed by atoms with Gasteiger partial charge in [0, 0.05) is 60.5 Å². The van der Waals surface area contributed by atoms with Crippen molar-refractivity contribution in [2.75, 3.05) is 26.2 Å². The summed E-state index contributed by atoms with van der Waals surface area (Å²) in [5.74, 6) is -1.51. The number of sulfone groups is 1. The van der Waals surface area contributed by atoms with Crippen LogP contribution in [0.3, 0.4) is 0 Å². The molecule has 4 aromatic rings. The molecule has 0 saturated carbocycles. The maximum Gasteiger partial charge on any atom is 0.254 e. The first kappa shape index (κ1) is 25.3. The van der Waals surface area contributed by atoms with E-state index in [0.29, 0.717) is 42.1 Å². The van der Waals surface area contributed by atoms with Crippen LogP contribution in [0.4, 0.5) is 4.39 Å². The number of hydrogen-bond donors (Lipinski definition) is 0. The molecule has 1 fully saturated rings.